The molecule has 0 fully saturated rings. The predicted molar refractivity (Wildman–Crippen MR) is 288 cm³/mol. The molecule has 0 amide bonds. The van der Waals surface area contributed by atoms with Crippen LogP contribution in [0, 0.1) is 0 Å². The maximum atomic E-state index is 2.61. The summed E-state index contributed by atoms with van der Waals surface area (Å²) in [7, 11) is 0. The Hall–Kier alpha value is -8.50. The van der Waals surface area contributed by atoms with Crippen LogP contribution < -0.4 is 4.90 Å². The number of fused-ring (bicyclic) bond motifs is 16. The summed E-state index contributed by atoms with van der Waals surface area (Å²) in [5.41, 5.74) is 19.2. The third-order valence-corrected chi connectivity index (χ3v) is 16.2. The van der Waals surface area contributed by atoms with Crippen LogP contribution in [-0.2, 0) is 5.41 Å². The van der Waals surface area contributed by atoms with Crippen molar-refractivity contribution in [2.45, 2.75) is 5.41 Å². The Kier molecular flexibility index (Phi) is 7.90. The van der Waals surface area contributed by atoms with Crippen LogP contribution in [0.1, 0.15) is 22.3 Å². The molecule has 316 valence electrons. The molecule has 0 radical (unpaired) electrons. The van der Waals surface area contributed by atoms with Crippen molar-refractivity contribution in [2.24, 2.45) is 0 Å². The fraction of sp³-hybridized carbons (Fsp3) is 0.0154. The van der Waals surface area contributed by atoms with Gasteiger partial charge in [-0.05, 0) is 91.7 Å². The minimum Gasteiger partial charge on any atom is -0.309 e. The Morgan fingerprint density at radius 3 is 1.78 bits per heavy atom. The van der Waals surface area contributed by atoms with Gasteiger partial charge in [0.1, 0.15) is 0 Å². The summed E-state index contributed by atoms with van der Waals surface area (Å²) in [6, 6.07) is 90.8. The first-order valence-electron chi connectivity index (χ1n) is 23.5. The summed E-state index contributed by atoms with van der Waals surface area (Å²) in [4.78, 5) is 2.61. The van der Waals surface area contributed by atoms with E-state index in [1.165, 1.54) is 114 Å². The minimum absolute atomic E-state index is 0.585. The van der Waals surface area contributed by atoms with E-state index in [9.17, 15) is 0 Å². The van der Waals surface area contributed by atoms with Crippen LogP contribution in [0.25, 0.3) is 91.8 Å². The summed E-state index contributed by atoms with van der Waals surface area (Å²) >= 11 is 1.89. The van der Waals surface area contributed by atoms with Crippen molar-refractivity contribution in [3.8, 4) is 39.1 Å². The van der Waals surface area contributed by atoms with Crippen molar-refractivity contribution >= 4 is 81.1 Å². The maximum absolute atomic E-state index is 2.61. The van der Waals surface area contributed by atoms with Crippen molar-refractivity contribution in [2.75, 3.05) is 4.90 Å². The van der Waals surface area contributed by atoms with Gasteiger partial charge in [-0.3, -0.25) is 0 Å². The van der Waals surface area contributed by atoms with Gasteiger partial charge in [-0.25, -0.2) is 0 Å². The van der Waals surface area contributed by atoms with Crippen LogP contribution in [0.3, 0.4) is 0 Å². The van der Waals surface area contributed by atoms with E-state index in [0.29, 0.717) is 0 Å². The van der Waals surface area contributed by atoms with Gasteiger partial charge in [0.25, 0.3) is 0 Å². The molecule has 2 aliphatic rings. The van der Waals surface area contributed by atoms with Gasteiger partial charge in [-0.15, -0.1) is 11.3 Å². The first-order chi connectivity index (χ1) is 33.8. The van der Waals surface area contributed by atoms with Gasteiger partial charge >= 0.3 is 0 Å². The van der Waals surface area contributed by atoms with Crippen molar-refractivity contribution in [1.29, 1.82) is 0 Å². The molecule has 0 saturated heterocycles. The molecule has 1 aliphatic heterocycles. The van der Waals surface area contributed by atoms with Crippen molar-refractivity contribution in [3.63, 3.8) is 0 Å². The number of benzene rings is 11. The van der Waals surface area contributed by atoms with E-state index in [1.54, 1.807) is 0 Å². The summed E-state index contributed by atoms with van der Waals surface area (Å²) in [6.07, 6.45) is 0. The number of rotatable bonds is 5. The molecule has 1 spiro atoms. The molecular weight excluding hydrogens is 841 g/mol. The van der Waals surface area contributed by atoms with Crippen LogP contribution in [-0.4, -0.2) is 4.57 Å². The van der Waals surface area contributed by atoms with E-state index >= 15 is 0 Å². The SMILES string of the molecule is c1ccc(-c2cccc3ccccc23)c(-c2ccccc2N(c2cccc3c2-c2ccccc2C32c3ccccc3-n3c4ccccc4c4cccc2c43)c2cccc3c2sc2ccccc23)c1. The summed E-state index contributed by atoms with van der Waals surface area (Å²) in [5.74, 6) is 0. The third kappa shape index (κ3) is 4.95. The Labute approximate surface area is 397 Å². The smallest absolute Gasteiger partial charge is 0.0755 e. The minimum atomic E-state index is -0.585. The van der Waals surface area contributed by atoms with Crippen molar-refractivity contribution < 1.29 is 0 Å². The lowest BCUT2D eigenvalue weighted by molar-refractivity contribution is 0.748. The molecule has 68 heavy (non-hydrogen) atoms. The van der Waals surface area contributed by atoms with Gasteiger partial charge < -0.3 is 9.47 Å². The van der Waals surface area contributed by atoms with Gasteiger partial charge in [0.15, 0.2) is 0 Å². The highest BCUT2D eigenvalue weighted by atomic mass is 32.1. The van der Waals surface area contributed by atoms with Gasteiger partial charge in [0, 0.05) is 37.4 Å². The highest BCUT2D eigenvalue weighted by molar-refractivity contribution is 7.26. The molecule has 0 bridgehead atoms. The second-order valence-electron chi connectivity index (χ2n) is 18.2. The van der Waals surface area contributed by atoms with Gasteiger partial charge in [0.05, 0.1) is 43.9 Å². The maximum Gasteiger partial charge on any atom is 0.0755 e. The van der Waals surface area contributed by atoms with Crippen LogP contribution in [0.5, 0.6) is 0 Å². The largest absolute Gasteiger partial charge is 0.309 e. The lowest BCUT2D eigenvalue weighted by Crippen LogP contribution is -2.33. The fourth-order valence-corrected chi connectivity index (χ4v) is 13.6. The predicted octanol–water partition coefficient (Wildman–Crippen LogP) is 17.8. The number of aromatic nitrogens is 1. The zero-order valence-corrected chi connectivity index (χ0v) is 37.7. The van der Waals surface area contributed by atoms with Crippen molar-refractivity contribution in [3.05, 3.63) is 265 Å². The van der Waals surface area contributed by atoms with Gasteiger partial charge in [-0.2, -0.15) is 0 Å². The molecule has 11 aromatic carbocycles. The molecule has 1 atom stereocenters. The van der Waals surface area contributed by atoms with E-state index in [4.69, 9.17) is 0 Å². The van der Waals surface area contributed by atoms with E-state index < -0.39 is 5.41 Å². The molecule has 2 aromatic heterocycles. The van der Waals surface area contributed by atoms with Crippen LogP contribution >= 0.6 is 11.3 Å². The lowest BCUT2D eigenvalue weighted by atomic mass is 9.65. The van der Waals surface area contributed by atoms with E-state index in [0.717, 1.165) is 17.1 Å². The van der Waals surface area contributed by atoms with Gasteiger partial charge in [0.2, 0.25) is 0 Å². The number of hydrogen-bond donors (Lipinski definition) is 0. The molecule has 1 unspecified atom stereocenters. The second-order valence-corrected chi connectivity index (χ2v) is 19.3. The number of hydrogen-bond acceptors (Lipinski definition) is 2. The molecule has 3 heteroatoms. The monoisotopic (exact) mass is 880 g/mol. The molecule has 0 saturated carbocycles. The quantitative estimate of drug-likeness (QED) is 0.167. The number of nitrogens with zero attached hydrogens (tertiary/aromatic N) is 2. The molecule has 1 aliphatic carbocycles. The first kappa shape index (κ1) is 37.7. The summed E-state index contributed by atoms with van der Waals surface area (Å²) < 4.78 is 5.08. The Bertz CT molecular complexity index is 4240. The van der Waals surface area contributed by atoms with Gasteiger partial charge in [-0.1, -0.05) is 206 Å². The lowest BCUT2D eigenvalue weighted by Gasteiger charge is -2.39. The first-order valence-corrected chi connectivity index (χ1v) is 24.3. The molecular formula is C65H40N2S. The fourth-order valence-electron chi connectivity index (χ4n) is 12.4. The standard InChI is InChI=1S/C65H40N2S/c1-2-21-42-41(19-1)20-15-28-43(42)44-22-3-4-23-45(44)46-24-6-11-35-56(46)66(60-39-17-30-50-48-26-8-14-40-61(48)68-64(50)60)59-38-18-33-54-62(59)51-27-5-9-31-52(51)65(54)53-32-10-13-37-58(53)67-57-36-12-7-25-47(57)49-29-16-34-55(65)63(49)67/h1-40H. The third-order valence-electron chi connectivity index (χ3n) is 15.0. The topological polar surface area (TPSA) is 8.17 Å². The second kappa shape index (κ2) is 14.3. The Morgan fingerprint density at radius 1 is 0.338 bits per heavy atom. The molecule has 2 nitrogen and oxygen atoms in total. The molecule has 13 aromatic rings. The average molecular weight is 881 g/mol. The van der Waals surface area contributed by atoms with E-state index in [1.807, 2.05) is 11.3 Å². The van der Waals surface area contributed by atoms with Crippen LogP contribution in [0.15, 0.2) is 243 Å². The van der Waals surface area contributed by atoms with Crippen LogP contribution in [0.2, 0.25) is 0 Å². The highest BCUT2D eigenvalue weighted by Gasteiger charge is 2.51. The average Bonchev–Trinajstić information content (AvgIpc) is 4.06. The number of thiophene rings is 1. The molecule has 15 rings (SSSR count). The van der Waals surface area contributed by atoms with E-state index in [2.05, 4.69) is 252 Å². The Morgan fingerprint density at radius 2 is 0.882 bits per heavy atom. The molecule has 3 heterocycles. The summed E-state index contributed by atoms with van der Waals surface area (Å²) in [6.45, 7) is 0. The number of para-hydroxylation sites is 4. The molecule has 0 N–H and O–H groups in total. The van der Waals surface area contributed by atoms with Crippen molar-refractivity contribution in [1.82, 2.24) is 4.57 Å². The summed E-state index contributed by atoms with van der Waals surface area (Å²) in [5, 5.41) is 7.60. The highest BCUT2D eigenvalue weighted by Crippen LogP contribution is 2.64. The van der Waals surface area contributed by atoms with Crippen LogP contribution in [0.4, 0.5) is 17.1 Å². The van der Waals surface area contributed by atoms with E-state index in [-0.39, 0.29) is 0 Å². The number of anilines is 3. The normalized spacial score (nSPS) is 14.5. The Balaban J connectivity index is 1.07. The zero-order chi connectivity index (χ0) is 44.5. The zero-order valence-electron chi connectivity index (χ0n) is 36.9.